The Morgan fingerprint density at radius 2 is 2.33 bits per heavy atom. The summed E-state index contributed by atoms with van der Waals surface area (Å²) in [7, 11) is 0. The second-order valence-corrected chi connectivity index (χ2v) is 3.68. The molecule has 0 aliphatic rings. The maximum Gasteiger partial charge on any atom is 0.311 e. The zero-order valence-electron chi connectivity index (χ0n) is 9.17. The molecule has 2 rings (SSSR count). The van der Waals surface area contributed by atoms with Crippen LogP contribution in [0.1, 0.15) is 0 Å². The van der Waals surface area contributed by atoms with E-state index in [2.05, 4.69) is 15.4 Å². The van der Waals surface area contributed by atoms with Gasteiger partial charge in [0.15, 0.2) is 0 Å². The van der Waals surface area contributed by atoms with E-state index in [1.54, 1.807) is 12.1 Å². The van der Waals surface area contributed by atoms with E-state index in [-0.39, 0.29) is 23.9 Å². The first kappa shape index (κ1) is 12.3. The highest BCUT2D eigenvalue weighted by Gasteiger charge is 2.21. The van der Waals surface area contributed by atoms with E-state index in [1.165, 1.54) is 12.3 Å². The highest BCUT2D eigenvalue weighted by Crippen LogP contribution is 2.36. The number of aromatic nitrogens is 3. The number of nitrogens with zero attached hydrogens (tertiary/aromatic N) is 3. The Morgan fingerprint density at radius 1 is 1.50 bits per heavy atom. The summed E-state index contributed by atoms with van der Waals surface area (Å²) in [5.74, 6) is 0.390. The van der Waals surface area contributed by atoms with Gasteiger partial charge in [-0.05, 0) is 6.07 Å². The van der Waals surface area contributed by atoms with Gasteiger partial charge < -0.3 is 4.74 Å². The van der Waals surface area contributed by atoms with Gasteiger partial charge in [0.2, 0.25) is 5.75 Å². The molecule has 94 valence electrons. The number of nitro benzene ring substituents is 1. The van der Waals surface area contributed by atoms with Crippen molar-refractivity contribution in [1.29, 1.82) is 0 Å². The maximum absolute atomic E-state index is 11.0. The first-order valence-corrected chi connectivity index (χ1v) is 5.60. The number of para-hydroxylation sites is 1. The molecule has 0 saturated heterocycles. The lowest BCUT2D eigenvalue weighted by Gasteiger charge is -2.08. The van der Waals surface area contributed by atoms with Crippen molar-refractivity contribution >= 4 is 17.3 Å². The summed E-state index contributed by atoms with van der Waals surface area (Å²) >= 11 is 5.53. The molecule has 0 aliphatic carbocycles. The van der Waals surface area contributed by atoms with Crippen LogP contribution in [-0.4, -0.2) is 32.8 Å². The van der Waals surface area contributed by atoms with E-state index in [1.807, 2.05) is 0 Å². The minimum absolute atomic E-state index is 0.124. The van der Waals surface area contributed by atoms with Gasteiger partial charge in [0.05, 0.1) is 22.6 Å². The monoisotopic (exact) mass is 268 g/mol. The van der Waals surface area contributed by atoms with Gasteiger partial charge in [-0.2, -0.15) is 15.4 Å². The van der Waals surface area contributed by atoms with Crippen molar-refractivity contribution in [3.05, 3.63) is 34.5 Å². The van der Waals surface area contributed by atoms with E-state index in [0.29, 0.717) is 11.3 Å². The second-order valence-electron chi connectivity index (χ2n) is 3.30. The zero-order chi connectivity index (χ0) is 13.0. The summed E-state index contributed by atoms with van der Waals surface area (Å²) < 4.78 is 5.35. The van der Waals surface area contributed by atoms with Crippen LogP contribution in [0.5, 0.6) is 5.75 Å². The van der Waals surface area contributed by atoms with Gasteiger partial charge in [-0.1, -0.05) is 6.07 Å². The highest BCUT2D eigenvalue weighted by atomic mass is 35.5. The summed E-state index contributed by atoms with van der Waals surface area (Å²) in [6.45, 7) is 0.178. The second kappa shape index (κ2) is 5.46. The molecule has 2 aromatic rings. The lowest BCUT2D eigenvalue weighted by molar-refractivity contribution is -0.385. The highest BCUT2D eigenvalue weighted by molar-refractivity contribution is 6.18. The number of rotatable bonds is 5. The molecule has 0 atom stereocenters. The van der Waals surface area contributed by atoms with E-state index in [4.69, 9.17) is 16.3 Å². The lowest BCUT2D eigenvalue weighted by Crippen LogP contribution is -2.03. The normalized spacial score (nSPS) is 10.3. The van der Waals surface area contributed by atoms with E-state index >= 15 is 0 Å². The van der Waals surface area contributed by atoms with Gasteiger partial charge in [-0.25, -0.2) is 0 Å². The fourth-order valence-electron chi connectivity index (χ4n) is 1.49. The van der Waals surface area contributed by atoms with Crippen molar-refractivity contribution in [3.63, 3.8) is 0 Å². The molecule has 18 heavy (non-hydrogen) atoms. The van der Waals surface area contributed by atoms with Crippen LogP contribution in [0.25, 0.3) is 11.3 Å². The Bertz CT molecular complexity index is 544. The van der Waals surface area contributed by atoms with Crippen molar-refractivity contribution in [3.8, 4) is 17.0 Å². The maximum atomic E-state index is 11.0. The number of hydrogen-bond acceptors (Lipinski definition) is 5. The summed E-state index contributed by atoms with van der Waals surface area (Å²) in [6, 6.07) is 4.61. The number of alkyl halides is 1. The Morgan fingerprint density at radius 3 is 2.94 bits per heavy atom. The van der Waals surface area contributed by atoms with Gasteiger partial charge in [-0.3, -0.25) is 10.1 Å². The van der Waals surface area contributed by atoms with Crippen LogP contribution in [-0.2, 0) is 0 Å². The van der Waals surface area contributed by atoms with Crippen LogP contribution in [0.2, 0.25) is 0 Å². The summed E-state index contributed by atoms with van der Waals surface area (Å²) in [4.78, 5) is 10.4. The third-order valence-corrected chi connectivity index (χ3v) is 2.36. The fraction of sp³-hybridized carbons (Fsp3) is 0.200. The van der Waals surface area contributed by atoms with Crippen molar-refractivity contribution in [2.24, 2.45) is 0 Å². The van der Waals surface area contributed by atoms with Crippen molar-refractivity contribution in [2.45, 2.75) is 0 Å². The predicted octanol–water partition coefficient (Wildman–Crippen LogP) is 2.00. The Kier molecular flexibility index (Phi) is 3.73. The molecule has 1 aromatic carbocycles. The number of hydrogen-bond donors (Lipinski definition) is 1. The quantitative estimate of drug-likeness (QED) is 0.508. The summed E-state index contributed by atoms with van der Waals surface area (Å²) in [6.07, 6.45) is 1.46. The molecule has 1 heterocycles. The molecule has 7 nitrogen and oxygen atoms in total. The molecule has 0 unspecified atom stereocenters. The van der Waals surface area contributed by atoms with Crippen LogP contribution in [0, 0.1) is 10.1 Å². The summed E-state index contributed by atoms with van der Waals surface area (Å²) in [5.41, 5.74) is 0.854. The molecule has 8 heteroatoms. The van der Waals surface area contributed by atoms with Gasteiger partial charge in [0.25, 0.3) is 0 Å². The lowest BCUT2D eigenvalue weighted by atomic mass is 10.1. The SMILES string of the molecule is O=[N+]([O-])c1cccc(-c2cn[nH]n2)c1OCCCl. The number of halogens is 1. The topological polar surface area (TPSA) is 93.9 Å². The van der Waals surface area contributed by atoms with E-state index in [9.17, 15) is 10.1 Å². The first-order chi connectivity index (χ1) is 8.74. The molecule has 1 N–H and O–H groups in total. The van der Waals surface area contributed by atoms with E-state index < -0.39 is 4.92 Å². The minimum Gasteiger partial charge on any atom is -0.485 e. The van der Waals surface area contributed by atoms with E-state index in [0.717, 1.165) is 0 Å². The smallest absolute Gasteiger partial charge is 0.311 e. The Balaban J connectivity index is 2.51. The average molecular weight is 269 g/mol. The predicted molar refractivity (Wildman–Crippen MR) is 64.7 cm³/mol. The standard InChI is InChI=1S/C10H9ClN4O3/c11-4-5-18-10-7(8-6-12-14-13-8)2-1-3-9(10)15(16)17/h1-3,6H,4-5H2,(H,12,13,14). The van der Waals surface area contributed by atoms with Gasteiger partial charge in [0.1, 0.15) is 12.3 Å². The molecule has 0 spiro atoms. The largest absolute Gasteiger partial charge is 0.485 e. The molecule has 0 fully saturated rings. The molecular weight excluding hydrogens is 260 g/mol. The zero-order valence-corrected chi connectivity index (χ0v) is 9.92. The van der Waals surface area contributed by atoms with Crippen LogP contribution < -0.4 is 4.74 Å². The van der Waals surface area contributed by atoms with Crippen molar-refractivity contribution in [1.82, 2.24) is 15.4 Å². The van der Waals surface area contributed by atoms with Crippen LogP contribution in [0.4, 0.5) is 5.69 Å². The number of nitrogens with one attached hydrogen (secondary N) is 1. The van der Waals surface area contributed by atoms with Crippen LogP contribution in [0.3, 0.4) is 0 Å². The molecule has 1 aromatic heterocycles. The Hall–Kier alpha value is -2.15. The molecule has 0 bridgehead atoms. The Labute approximate surface area is 107 Å². The number of H-pyrrole nitrogens is 1. The number of nitro groups is 1. The molecule has 0 amide bonds. The number of benzene rings is 1. The fourth-order valence-corrected chi connectivity index (χ4v) is 1.57. The molecular formula is C10H9ClN4O3. The molecule has 0 aliphatic heterocycles. The molecule has 0 saturated carbocycles. The number of aromatic amines is 1. The summed E-state index contributed by atoms with van der Waals surface area (Å²) in [5, 5.41) is 21.0. The van der Waals surface area contributed by atoms with Gasteiger partial charge in [-0.15, -0.1) is 11.6 Å². The van der Waals surface area contributed by atoms with Crippen LogP contribution >= 0.6 is 11.6 Å². The third kappa shape index (κ3) is 2.40. The third-order valence-electron chi connectivity index (χ3n) is 2.21. The van der Waals surface area contributed by atoms with Gasteiger partial charge >= 0.3 is 5.69 Å². The minimum atomic E-state index is -0.507. The van der Waals surface area contributed by atoms with Gasteiger partial charge in [0, 0.05) is 6.07 Å². The van der Waals surface area contributed by atoms with Crippen LogP contribution in [0.15, 0.2) is 24.4 Å². The van der Waals surface area contributed by atoms with Crippen molar-refractivity contribution < 1.29 is 9.66 Å². The molecule has 0 radical (unpaired) electrons. The average Bonchev–Trinajstić information content (AvgIpc) is 2.89. The van der Waals surface area contributed by atoms with Crippen molar-refractivity contribution in [2.75, 3.05) is 12.5 Å². The number of ether oxygens (including phenoxy) is 1. The first-order valence-electron chi connectivity index (χ1n) is 5.06.